The summed E-state index contributed by atoms with van der Waals surface area (Å²) in [6.07, 6.45) is -2.97. The average molecular weight is 929 g/mol. The van der Waals surface area contributed by atoms with Gasteiger partial charge in [0.2, 0.25) is 11.8 Å². The van der Waals surface area contributed by atoms with E-state index in [4.69, 9.17) is 28.3 Å². The van der Waals surface area contributed by atoms with E-state index in [1.165, 1.54) is 29.1 Å². The summed E-state index contributed by atoms with van der Waals surface area (Å²) in [7, 11) is 2.89. The Labute approximate surface area is 357 Å². The van der Waals surface area contributed by atoms with Crippen molar-refractivity contribution in [2.45, 2.75) is 38.8 Å². The van der Waals surface area contributed by atoms with Gasteiger partial charge in [0, 0.05) is 45.8 Å². The maximum atomic E-state index is 15.1. The van der Waals surface area contributed by atoms with Gasteiger partial charge in [0.25, 0.3) is 11.8 Å². The molecule has 0 spiro atoms. The van der Waals surface area contributed by atoms with E-state index in [1.807, 2.05) is 25.1 Å². The minimum absolute atomic E-state index is 0.00410. The van der Waals surface area contributed by atoms with Crippen LogP contribution in [0.2, 0.25) is 10.0 Å². The molecule has 11 nitrogen and oxygen atoms in total. The molecule has 18 heteroatoms. The molecule has 5 heterocycles. The second-order valence-corrected chi connectivity index (χ2v) is 18.4. The zero-order valence-corrected chi connectivity index (χ0v) is 35.4. The van der Waals surface area contributed by atoms with Gasteiger partial charge >= 0.3 is 6.18 Å². The summed E-state index contributed by atoms with van der Waals surface area (Å²) >= 11 is 17.6. The molecule has 0 radical (unpaired) electrons. The van der Waals surface area contributed by atoms with Crippen molar-refractivity contribution in [2.24, 2.45) is 36.1 Å². The lowest BCUT2D eigenvalue weighted by atomic mass is 9.51. The van der Waals surface area contributed by atoms with Crippen LogP contribution >= 0.6 is 50.5 Å². The Morgan fingerprint density at radius 1 is 1.00 bits per heavy atom. The molecular formula is C41H32BrCl2F3N6O5S. The molecule has 2 aliphatic heterocycles. The number of aromatic nitrogens is 3. The molecule has 4 amide bonds. The van der Waals surface area contributed by atoms with Crippen LogP contribution in [-0.2, 0) is 32.4 Å². The van der Waals surface area contributed by atoms with Gasteiger partial charge in [-0.1, -0.05) is 50.8 Å². The van der Waals surface area contributed by atoms with E-state index < -0.39 is 76.3 Å². The smallest absolute Gasteiger partial charge is 0.433 e. The van der Waals surface area contributed by atoms with Crippen molar-refractivity contribution in [3.8, 4) is 16.3 Å². The SMILES string of the molecule is Cc1c(-c2cc(N3C(=O)C4CC5C(=CCC6C(=O)N(N(C)c7nc(C(F)(F)F)ccc7Cl)C(=O)C65)C(c5cc(Br)ccc5O)C4(C)C3=O)n(C)n2)sc2ccc(Cl)cc12. The molecule has 5 aromatic rings. The summed E-state index contributed by atoms with van der Waals surface area (Å²) in [4.78, 5) is 64.4. The molecule has 0 bridgehead atoms. The molecule has 2 aliphatic carbocycles. The first kappa shape index (κ1) is 39.7. The molecule has 6 unspecified atom stereocenters. The van der Waals surface area contributed by atoms with Crippen LogP contribution < -0.4 is 9.91 Å². The summed E-state index contributed by atoms with van der Waals surface area (Å²) in [5.41, 5.74) is -0.294. The second kappa shape index (κ2) is 13.6. The zero-order chi connectivity index (χ0) is 42.2. The lowest BCUT2D eigenvalue weighted by Crippen LogP contribution is -2.49. The topological polar surface area (TPSA) is 129 Å². The maximum absolute atomic E-state index is 15.1. The quantitative estimate of drug-likeness (QED) is 0.137. The number of halogens is 6. The maximum Gasteiger partial charge on any atom is 0.433 e. The number of benzene rings is 2. The van der Waals surface area contributed by atoms with Crippen LogP contribution in [0.3, 0.4) is 0 Å². The number of aryl methyl sites for hydroxylation is 2. The number of fused-ring (bicyclic) bond motifs is 5. The average Bonchev–Trinajstić information content (AvgIpc) is 3.85. The monoisotopic (exact) mass is 926 g/mol. The normalized spacial score (nSPS) is 25.5. The first-order valence-electron chi connectivity index (χ1n) is 18.5. The number of allylic oxidation sites excluding steroid dienone is 2. The van der Waals surface area contributed by atoms with Crippen LogP contribution in [-0.4, -0.2) is 55.6 Å². The van der Waals surface area contributed by atoms with E-state index in [1.54, 1.807) is 38.2 Å². The number of anilines is 2. The van der Waals surface area contributed by atoms with E-state index >= 15 is 4.79 Å². The second-order valence-electron chi connectivity index (χ2n) is 15.6. The van der Waals surface area contributed by atoms with Crippen molar-refractivity contribution in [1.82, 2.24) is 19.8 Å². The van der Waals surface area contributed by atoms with Gasteiger partial charge in [0.15, 0.2) is 5.82 Å². The summed E-state index contributed by atoms with van der Waals surface area (Å²) in [5.74, 6) is -7.50. The molecule has 2 aromatic carbocycles. The van der Waals surface area contributed by atoms with E-state index in [2.05, 4.69) is 20.9 Å². The van der Waals surface area contributed by atoms with Crippen molar-refractivity contribution in [1.29, 1.82) is 0 Å². The number of hydrogen-bond donors (Lipinski definition) is 1. The third kappa shape index (κ3) is 5.80. The number of carbonyl (C=O) groups excluding carboxylic acids is 4. The number of alkyl halides is 3. The predicted octanol–water partition coefficient (Wildman–Crippen LogP) is 9.08. The molecule has 3 aromatic heterocycles. The summed E-state index contributed by atoms with van der Waals surface area (Å²) in [6, 6.07) is 13.8. The van der Waals surface area contributed by atoms with Gasteiger partial charge in [-0.15, -0.1) is 11.3 Å². The van der Waals surface area contributed by atoms with Gasteiger partial charge in [-0.3, -0.25) is 28.9 Å². The highest BCUT2D eigenvalue weighted by atomic mass is 79.9. The number of imide groups is 2. The molecular weight excluding hydrogens is 896 g/mol. The lowest BCUT2D eigenvalue weighted by molar-refractivity contribution is -0.141. The fraction of sp³-hybridized carbons (Fsp3) is 0.317. The van der Waals surface area contributed by atoms with Gasteiger partial charge in [-0.05, 0) is 92.1 Å². The highest BCUT2D eigenvalue weighted by Crippen LogP contribution is 2.64. The van der Waals surface area contributed by atoms with Gasteiger partial charge in [-0.2, -0.15) is 23.3 Å². The largest absolute Gasteiger partial charge is 0.508 e. The number of carbonyl (C=O) groups is 4. The van der Waals surface area contributed by atoms with E-state index in [-0.39, 0.29) is 29.4 Å². The molecule has 3 fully saturated rings. The van der Waals surface area contributed by atoms with E-state index in [0.29, 0.717) is 32.4 Å². The van der Waals surface area contributed by atoms with Crippen LogP contribution in [0.15, 0.2) is 70.7 Å². The molecule has 4 aliphatic rings. The Hall–Kier alpha value is -4.77. The number of rotatable bonds is 5. The fourth-order valence-electron chi connectivity index (χ4n) is 9.74. The van der Waals surface area contributed by atoms with Crippen LogP contribution in [0.25, 0.3) is 20.7 Å². The zero-order valence-electron chi connectivity index (χ0n) is 31.5. The standard InChI is InChI=1S/C41H32BrCl2F3N6O5S/c1-17-22-14-19(43)6-11-29(22)59-34(17)27-16-31(50(3)49-27)52-37(56)25-15-23-20(33(40(25,2)39(52)58)24-13-18(42)5-10-28(24)54)7-8-21-32(23)38(57)53(36(21)55)51(4)35-26(44)9-12-30(48-35)41(45,46)47/h5-7,9-14,16,21,23,25,32-33,54H,8,15H2,1-4H3. The number of pyridine rings is 1. The Bertz CT molecular complexity index is 2740. The Morgan fingerprint density at radius 2 is 1.75 bits per heavy atom. The molecule has 304 valence electrons. The highest BCUT2D eigenvalue weighted by molar-refractivity contribution is 9.10. The van der Waals surface area contributed by atoms with Crippen molar-refractivity contribution in [2.75, 3.05) is 17.0 Å². The summed E-state index contributed by atoms with van der Waals surface area (Å²) < 4.78 is 44.1. The number of hydrazine groups is 1. The minimum atomic E-state index is -4.82. The summed E-state index contributed by atoms with van der Waals surface area (Å²) in [5, 5.41) is 19.2. The number of hydrogen-bond acceptors (Lipinski definition) is 9. The van der Waals surface area contributed by atoms with Crippen molar-refractivity contribution in [3.63, 3.8) is 0 Å². The minimum Gasteiger partial charge on any atom is -0.508 e. The molecule has 59 heavy (non-hydrogen) atoms. The van der Waals surface area contributed by atoms with Crippen molar-refractivity contribution >= 4 is 95.8 Å². The third-order valence-corrected chi connectivity index (χ3v) is 14.8. The van der Waals surface area contributed by atoms with Crippen LogP contribution in [0, 0.1) is 36.0 Å². The number of phenols is 1. The van der Waals surface area contributed by atoms with Gasteiger partial charge in [-0.25, -0.2) is 9.88 Å². The number of nitrogens with zero attached hydrogens (tertiary/aromatic N) is 6. The van der Waals surface area contributed by atoms with Crippen molar-refractivity contribution in [3.05, 3.63) is 97.6 Å². The van der Waals surface area contributed by atoms with E-state index in [0.717, 1.165) is 41.5 Å². The molecule has 9 rings (SSSR count). The Balaban J connectivity index is 1.13. The number of amides is 4. The molecule has 1 saturated carbocycles. The van der Waals surface area contributed by atoms with Crippen LogP contribution in [0.1, 0.15) is 42.5 Å². The Morgan fingerprint density at radius 3 is 2.47 bits per heavy atom. The Kier molecular flexibility index (Phi) is 9.16. The number of aromatic hydroxyl groups is 1. The molecule has 2 saturated heterocycles. The molecule has 6 atom stereocenters. The van der Waals surface area contributed by atoms with Crippen LogP contribution in [0.5, 0.6) is 5.75 Å². The van der Waals surface area contributed by atoms with Gasteiger partial charge < -0.3 is 5.11 Å². The third-order valence-electron chi connectivity index (χ3n) is 12.5. The predicted molar refractivity (Wildman–Crippen MR) is 219 cm³/mol. The fourth-order valence-corrected chi connectivity index (χ4v) is 11.7. The first-order chi connectivity index (χ1) is 27.8. The highest BCUT2D eigenvalue weighted by Gasteiger charge is 2.68. The van der Waals surface area contributed by atoms with Gasteiger partial charge in [0.1, 0.15) is 23.0 Å². The van der Waals surface area contributed by atoms with E-state index in [9.17, 15) is 32.7 Å². The van der Waals surface area contributed by atoms with Crippen LogP contribution in [0.4, 0.5) is 24.8 Å². The lowest BCUT2D eigenvalue weighted by Gasteiger charge is -2.49. The molecule has 1 N–H and O–H groups in total. The number of thiophene rings is 1. The summed E-state index contributed by atoms with van der Waals surface area (Å²) in [6.45, 7) is 3.66. The first-order valence-corrected chi connectivity index (χ1v) is 20.8. The van der Waals surface area contributed by atoms with Gasteiger partial charge in [0.05, 0.1) is 33.1 Å². The van der Waals surface area contributed by atoms with Crippen molar-refractivity contribution < 1.29 is 37.5 Å². The number of phenolic OH excluding ortho intramolecular Hbond substituents is 1.